The monoisotopic (exact) mass is 152 g/mol. The molecule has 1 aliphatic carbocycles. The largest absolute Gasteiger partial charge is 0.313 e. The van der Waals surface area contributed by atoms with E-state index in [1.54, 1.807) is 0 Å². The van der Waals surface area contributed by atoms with Crippen LogP contribution in [0.4, 0.5) is 0 Å². The molecule has 0 aromatic rings. The average molecular weight is 152 g/mol. The first-order chi connectivity index (χ1) is 5.24. The molecule has 2 heteroatoms. The van der Waals surface area contributed by atoms with Crippen LogP contribution in [0.2, 0.25) is 0 Å². The van der Waals surface area contributed by atoms with Crippen molar-refractivity contribution in [3.05, 3.63) is 0 Å². The maximum absolute atomic E-state index is 8.51. The third kappa shape index (κ3) is 2.90. The van der Waals surface area contributed by atoms with E-state index in [0.29, 0.717) is 6.04 Å². The van der Waals surface area contributed by atoms with Crippen LogP contribution in [0.1, 0.15) is 26.7 Å². The third-order valence-corrected chi connectivity index (χ3v) is 2.30. The van der Waals surface area contributed by atoms with Crippen LogP contribution in [-0.2, 0) is 0 Å². The highest BCUT2D eigenvalue weighted by molar-refractivity contribution is 4.86. The fraction of sp³-hybridized carbons (Fsp3) is 0.889. The number of nitrogens with zero attached hydrogens (tertiary/aromatic N) is 1. The van der Waals surface area contributed by atoms with E-state index < -0.39 is 0 Å². The molecule has 2 unspecified atom stereocenters. The highest BCUT2D eigenvalue weighted by atomic mass is 14.9. The van der Waals surface area contributed by atoms with Gasteiger partial charge in [0.25, 0.3) is 0 Å². The Kier molecular flexibility index (Phi) is 2.90. The molecule has 1 saturated carbocycles. The summed E-state index contributed by atoms with van der Waals surface area (Å²) in [6, 6.07) is 2.83. The van der Waals surface area contributed by atoms with Crippen molar-refractivity contribution in [3.8, 4) is 6.07 Å². The lowest BCUT2D eigenvalue weighted by molar-refractivity contribution is 0.471. The Morgan fingerprint density at radius 3 is 2.64 bits per heavy atom. The number of nitriles is 1. The minimum Gasteiger partial charge on any atom is -0.313 e. The zero-order valence-corrected chi connectivity index (χ0v) is 7.30. The summed E-state index contributed by atoms with van der Waals surface area (Å²) in [5.74, 6) is 1.04. The second-order valence-electron chi connectivity index (χ2n) is 3.56. The van der Waals surface area contributed by atoms with E-state index in [4.69, 9.17) is 5.26 Å². The molecule has 1 N–H and O–H groups in total. The van der Waals surface area contributed by atoms with Crippen LogP contribution in [0.5, 0.6) is 0 Å². The second-order valence-corrected chi connectivity index (χ2v) is 3.56. The van der Waals surface area contributed by atoms with Crippen LogP contribution in [0.15, 0.2) is 0 Å². The molecule has 0 heterocycles. The van der Waals surface area contributed by atoms with Crippen molar-refractivity contribution in [2.45, 2.75) is 32.7 Å². The highest BCUT2D eigenvalue weighted by Gasteiger charge is 2.27. The van der Waals surface area contributed by atoms with Gasteiger partial charge in [-0.3, -0.25) is 0 Å². The van der Waals surface area contributed by atoms with Crippen molar-refractivity contribution in [2.24, 2.45) is 11.8 Å². The summed E-state index contributed by atoms with van der Waals surface area (Å²) in [7, 11) is 0. The van der Waals surface area contributed by atoms with Crippen molar-refractivity contribution in [1.82, 2.24) is 5.32 Å². The molecule has 0 bridgehead atoms. The Morgan fingerprint density at radius 1 is 1.55 bits per heavy atom. The van der Waals surface area contributed by atoms with Gasteiger partial charge in [-0.15, -0.1) is 0 Å². The topological polar surface area (TPSA) is 35.8 Å². The van der Waals surface area contributed by atoms with E-state index in [1.165, 1.54) is 12.8 Å². The zero-order valence-electron chi connectivity index (χ0n) is 7.30. The third-order valence-electron chi connectivity index (χ3n) is 2.30. The highest BCUT2D eigenvalue weighted by Crippen LogP contribution is 2.32. The molecule has 0 spiro atoms. The van der Waals surface area contributed by atoms with E-state index in [0.717, 1.165) is 12.5 Å². The van der Waals surface area contributed by atoms with Crippen molar-refractivity contribution in [2.75, 3.05) is 6.54 Å². The molecule has 62 valence electrons. The fourth-order valence-electron chi connectivity index (χ4n) is 1.17. The van der Waals surface area contributed by atoms with E-state index >= 15 is 0 Å². The van der Waals surface area contributed by atoms with Crippen LogP contribution in [0.25, 0.3) is 0 Å². The molecule has 0 radical (unpaired) electrons. The first kappa shape index (κ1) is 8.55. The molecule has 1 rings (SSSR count). The van der Waals surface area contributed by atoms with E-state index in [-0.39, 0.29) is 5.92 Å². The van der Waals surface area contributed by atoms with Crippen LogP contribution >= 0.6 is 0 Å². The van der Waals surface area contributed by atoms with Gasteiger partial charge in [-0.05, 0) is 32.6 Å². The Hall–Kier alpha value is -0.550. The maximum Gasteiger partial charge on any atom is 0.0666 e. The number of nitrogens with one attached hydrogen (secondary N) is 1. The Bertz CT molecular complexity index is 155. The fourth-order valence-corrected chi connectivity index (χ4v) is 1.17. The predicted octanol–water partition coefficient (Wildman–Crippen LogP) is 1.53. The van der Waals surface area contributed by atoms with Gasteiger partial charge in [0.2, 0.25) is 0 Å². The Morgan fingerprint density at radius 2 is 2.18 bits per heavy atom. The molecule has 2 nitrogen and oxygen atoms in total. The van der Waals surface area contributed by atoms with Crippen molar-refractivity contribution in [1.29, 1.82) is 5.26 Å². The first-order valence-electron chi connectivity index (χ1n) is 4.37. The summed E-state index contributed by atoms with van der Waals surface area (Å²) in [6.07, 6.45) is 2.74. The maximum atomic E-state index is 8.51. The van der Waals surface area contributed by atoms with Gasteiger partial charge < -0.3 is 5.32 Å². The quantitative estimate of drug-likeness (QED) is 0.663. The number of hydrogen-bond acceptors (Lipinski definition) is 2. The molecule has 11 heavy (non-hydrogen) atoms. The minimum absolute atomic E-state index is 0.149. The molecule has 2 atom stereocenters. The van der Waals surface area contributed by atoms with E-state index in [9.17, 15) is 0 Å². The van der Waals surface area contributed by atoms with Crippen LogP contribution in [-0.4, -0.2) is 12.6 Å². The Balaban J connectivity index is 2.06. The van der Waals surface area contributed by atoms with Gasteiger partial charge >= 0.3 is 0 Å². The van der Waals surface area contributed by atoms with Crippen molar-refractivity contribution >= 4 is 0 Å². The summed E-state index contributed by atoms with van der Waals surface area (Å²) < 4.78 is 0. The predicted molar refractivity (Wildman–Crippen MR) is 45.0 cm³/mol. The average Bonchev–Trinajstić information content (AvgIpc) is 2.81. The minimum atomic E-state index is 0.149. The molecule has 1 aliphatic rings. The summed E-state index contributed by atoms with van der Waals surface area (Å²) in [4.78, 5) is 0. The van der Waals surface area contributed by atoms with Gasteiger partial charge in [-0.2, -0.15) is 5.26 Å². The van der Waals surface area contributed by atoms with Crippen LogP contribution < -0.4 is 5.32 Å². The molecule has 0 aliphatic heterocycles. The summed E-state index contributed by atoms with van der Waals surface area (Å²) in [6.45, 7) is 5.00. The summed E-state index contributed by atoms with van der Waals surface area (Å²) in [5.41, 5.74) is 0. The summed E-state index contributed by atoms with van der Waals surface area (Å²) in [5, 5.41) is 11.9. The lowest BCUT2D eigenvalue weighted by atomic mass is 10.1. The van der Waals surface area contributed by atoms with Gasteiger partial charge in [0, 0.05) is 12.6 Å². The molecular weight excluding hydrogens is 136 g/mol. The molecule has 1 fully saturated rings. The number of rotatable bonds is 4. The number of hydrogen-bond donors (Lipinski definition) is 1. The first-order valence-corrected chi connectivity index (χ1v) is 4.37. The lowest BCUT2D eigenvalue weighted by Crippen LogP contribution is -2.31. The lowest BCUT2D eigenvalue weighted by Gasteiger charge is -2.12. The van der Waals surface area contributed by atoms with Gasteiger partial charge in [-0.1, -0.05) is 0 Å². The Labute approximate surface area is 68.6 Å². The molecule has 0 aromatic heterocycles. The van der Waals surface area contributed by atoms with Crippen LogP contribution in [0.3, 0.4) is 0 Å². The second kappa shape index (κ2) is 3.73. The van der Waals surface area contributed by atoms with Gasteiger partial charge in [0.05, 0.1) is 12.0 Å². The van der Waals surface area contributed by atoms with Gasteiger partial charge in [0.15, 0.2) is 0 Å². The molecule has 0 saturated heterocycles. The SMILES string of the molecule is CC(C#N)CNC(C)C1CC1. The van der Waals surface area contributed by atoms with E-state index in [2.05, 4.69) is 18.3 Å². The molecule has 0 amide bonds. The summed E-state index contributed by atoms with van der Waals surface area (Å²) >= 11 is 0. The van der Waals surface area contributed by atoms with Crippen molar-refractivity contribution in [3.63, 3.8) is 0 Å². The normalized spacial score (nSPS) is 22.3. The smallest absolute Gasteiger partial charge is 0.0666 e. The molecular formula is C9H16N2. The van der Waals surface area contributed by atoms with Crippen molar-refractivity contribution < 1.29 is 0 Å². The standard InChI is InChI=1S/C9H16N2/c1-7(5-10)6-11-8(2)9-3-4-9/h7-9,11H,3-4,6H2,1-2H3. The molecule has 0 aromatic carbocycles. The van der Waals surface area contributed by atoms with Gasteiger partial charge in [-0.25, -0.2) is 0 Å². The zero-order chi connectivity index (χ0) is 8.27. The van der Waals surface area contributed by atoms with Gasteiger partial charge in [0.1, 0.15) is 0 Å². The van der Waals surface area contributed by atoms with E-state index in [1.807, 2.05) is 6.92 Å². The van der Waals surface area contributed by atoms with Crippen LogP contribution in [0, 0.1) is 23.2 Å².